The first-order valence-electron chi connectivity index (χ1n) is 17.8. The number of fused-ring (bicyclic) bond motifs is 2. The second-order valence-electron chi connectivity index (χ2n) is 13.1. The molecule has 0 spiro atoms. The first-order chi connectivity index (χ1) is 26.2. The van der Waals surface area contributed by atoms with E-state index >= 15 is 0 Å². The summed E-state index contributed by atoms with van der Waals surface area (Å²) in [6, 6.07) is 45.2. The highest BCUT2D eigenvalue weighted by atomic mass is 15.2. The molecule has 0 unspecified atom stereocenters. The molecular weight excluding hydrogens is 655 g/mol. The van der Waals surface area contributed by atoms with Crippen LogP contribution < -0.4 is 5.32 Å². The molecule has 0 aliphatic rings. The number of benzene rings is 2. The molecule has 1 N–H and O–H groups in total. The Morgan fingerprint density at radius 3 is 1.04 bits per heavy atom. The first kappa shape index (κ1) is 33.7. The van der Waals surface area contributed by atoms with E-state index in [1.165, 1.54) is 0 Å². The third kappa shape index (κ3) is 8.73. The van der Waals surface area contributed by atoms with Crippen LogP contribution >= 0.6 is 0 Å². The van der Waals surface area contributed by atoms with Gasteiger partial charge in [0, 0.05) is 74.8 Å². The van der Waals surface area contributed by atoms with E-state index in [2.05, 4.69) is 120 Å². The van der Waals surface area contributed by atoms with Crippen LogP contribution in [-0.4, -0.2) is 39.7 Å². The molecule has 8 aromatic rings. The van der Waals surface area contributed by atoms with Crippen molar-refractivity contribution in [3.05, 3.63) is 192 Å². The maximum absolute atomic E-state index is 5.23. The van der Waals surface area contributed by atoms with E-state index in [1.807, 2.05) is 73.3 Å². The van der Waals surface area contributed by atoms with Gasteiger partial charge in [0.2, 0.25) is 0 Å². The Morgan fingerprint density at radius 1 is 0.340 bits per heavy atom. The molecule has 0 saturated heterocycles. The van der Waals surface area contributed by atoms with Crippen molar-refractivity contribution in [2.75, 3.05) is 5.32 Å². The highest BCUT2D eigenvalue weighted by Gasteiger charge is 2.15. The molecule has 9 heteroatoms. The lowest BCUT2D eigenvalue weighted by Gasteiger charge is -2.22. The van der Waals surface area contributed by atoms with Gasteiger partial charge in [0.05, 0.1) is 56.6 Å². The van der Waals surface area contributed by atoms with Crippen LogP contribution in [0, 0.1) is 0 Å². The van der Waals surface area contributed by atoms with E-state index in [1.54, 1.807) is 0 Å². The van der Waals surface area contributed by atoms with Crippen LogP contribution in [0.3, 0.4) is 0 Å². The zero-order valence-corrected chi connectivity index (χ0v) is 29.3. The number of aromatic nitrogens is 6. The van der Waals surface area contributed by atoms with E-state index in [0.717, 1.165) is 67.3 Å². The molecule has 0 radical (unpaired) electrons. The number of nitrogens with zero attached hydrogens (tertiary/aromatic N) is 8. The second kappa shape index (κ2) is 16.3. The normalized spacial score (nSPS) is 11.4. The molecule has 0 atom stereocenters. The van der Waals surface area contributed by atoms with E-state index in [9.17, 15) is 0 Å². The average Bonchev–Trinajstić information content (AvgIpc) is 3.20. The van der Waals surface area contributed by atoms with Crippen molar-refractivity contribution in [3.63, 3.8) is 0 Å². The Kier molecular flexibility index (Phi) is 10.4. The quantitative estimate of drug-likeness (QED) is 0.120. The Morgan fingerprint density at radius 2 is 0.698 bits per heavy atom. The van der Waals surface area contributed by atoms with Crippen molar-refractivity contribution in [2.45, 2.75) is 39.3 Å². The monoisotopic (exact) mass is 693 g/mol. The zero-order valence-electron chi connectivity index (χ0n) is 29.3. The Hall–Kier alpha value is -6.42. The van der Waals surface area contributed by atoms with Crippen molar-refractivity contribution in [2.24, 2.45) is 0 Å². The largest absolute Gasteiger partial charge is 0.352 e. The molecule has 2 aromatic carbocycles. The lowest BCUT2D eigenvalue weighted by Crippen LogP contribution is -2.24. The van der Waals surface area contributed by atoms with E-state index < -0.39 is 0 Å². The van der Waals surface area contributed by atoms with Crippen molar-refractivity contribution < 1.29 is 0 Å². The van der Waals surface area contributed by atoms with Gasteiger partial charge in [-0.15, -0.1) is 0 Å². The zero-order chi connectivity index (χ0) is 35.7. The number of para-hydroxylation sites is 2. The van der Waals surface area contributed by atoms with Crippen LogP contribution in [0.1, 0.15) is 34.2 Å². The summed E-state index contributed by atoms with van der Waals surface area (Å²) >= 11 is 0. The molecule has 0 fully saturated rings. The van der Waals surface area contributed by atoms with Crippen molar-refractivity contribution >= 4 is 33.2 Å². The van der Waals surface area contributed by atoms with Crippen molar-refractivity contribution in [1.82, 2.24) is 39.7 Å². The maximum atomic E-state index is 5.23. The number of pyridine rings is 6. The fourth-order valence-corrected chi connectivity index (χ4v) is 6.57. The van der Waals surface area contributed by atoms with Gasteiger partial charge in [-0.1, -0.05) is 60.7 Å². The minimum Gasteiger partial charge on any atom is -0.352 e. The minimum atomic E-state index is 0.643. The topological polar surface area (TPSA) is 95.9 Å². The van der Waals surface area contributed by atoms with Gasteiger partial charge in [-0.25, -0.2) is 9.97 Å². The van der Waals surface area contributed by atoms with Gasteiger partial charge >= 0.3 is 0 Å². The summed E-state index contributed by atoms with van der Waals surface area (Å²) in [5.74, 6) is 0. The third-order valence-electron chi connectivity index (χ3n) is 9.04. The predicted molar refractivity (Wildman–Crippen MR) is 210 cm³/mol. The van der Waals surface area contributed by atoms with Crippen LogP contribution in [0.2, 0.25) is 0 Å². The average molecular weight is 694 g/mol. The second-order valence-corrected chi connectivity index (χ2v) is 13.1. The molecule has 9 nitrogen and oxygen atoms in total. The van der Waals surface area contributed by atoms with Crippen LogP contribution in [0.15, 0.2) is 158 Å². The fourth-order valence-electron chi connectivity index (χ4n) is 6.57. The molecule has 0 aliphatic heterocycles. The molecule has 53 heavy (non-hydrogen) atoms. The highest BCUT2D eigenvalue weighted by molar-refractivity contribution is 5.97. The number of hydrogen-bond donors (Lipinski definition) is 1. The first-order valence-corrected chi connectivity index (χ1v) is 17.8. The summed E-state index contributed by atoms with van der Waals surface area (Å²) in [5.41, 5.74) is 9.63. The van der Waals surface area contributed by atoms with Crippen LogP contribution in [0.5, 0.6) is 0 Å². The molecule has 0 bridgehead atoms. The van der Waals surface area contributed by atoms with Gasteiger partial charge in [-0.3, -0.25) is 29.7 Å². The lowest BCUT2D eigenvalue weighted by atomic mass is 10.1. The van der Waals surface area contributed by atoms with Gasteiger partial charge in [-0.2, -0.15) is 0 Å². The van der Waals surface area contributed by atoms with Crippen LogP contribution in [0.25, 0.3) is 21.8 Å². The molecule has 0 amide bonds. The smallest absolute Gasteiger partial charge is 0.0940 e. The Labute approximate surface area is 309 Å². The van der Waals surface area contributed by atoms with Gasteiger partial charge in [-0.05, 0) is 72.8 Å². The molecule has 6 aromatic heterocycles. The van der Waals surface area contributed by atoms with Gasteiger partial charge in [0.1, 0.15) is 0 Å². The number of hydrogen-bond acceptors (Lipinski definition) is 9. The van der Waals surface area contributed by atoms with Gasteiger partial charge in [0.15, 0.2) is 0 Å². The molecule has 260 valence electrons. The summed E-state index contributed by atoms with van der Waals surface area (Å²) in [4.78, 5) is 33.5. The molecule has 6 heterocycles. The molecule has 0 aliphatic carbocycles. The predicted octanol–water partition coefficient (Wildman–Crippen LogP) is 8.51. The van der Waals surface area contributed by atoms with Gasteiger partial charge in [0.25, 0.3) is 0 Å². The lowest BCUT2D eigenvalue weighted by molar-refractivity contribution is 0.239. The molecule has 0 saturated carbocycles. The molecule has 8 rings (SSSR count). The summed E-state index contributed by atoms with van der Waals surface area (Å²) in [5, 5.41) is 5.84. The minimum absolute atomic E-state index is 0.643. The van der Waals surface area contributed by atoms with Gasteiger partial charge < -0.3 is 5.32 Å². The van der Waals surface area contributed by atoms with E-state index in [0.29, 0.717) is 39.3 Å². The fraction of sp³-hybridized carbons (Fsp3) is 0.136. The standard InChI is InChI=1S/C44H39N9/c1-5-23-45-35(13-1)27-52(28-36-14-2-6-24-46-36)31-39-21-19-33-11-9-17-41(43(33)49-39)51-42-18-10-12-34-20-22-40(50-44(34)42)32-53(29-37-15-3-7-25-47-37)30-38-16-4-8-26-48-38/h1-26,51H,27-32H2. The van der Waals surface area contributed by atoms with Crippen LogP contribution in [0.4, 0.5) is 11.4 Å². The van der Waals surface area contributed by atoms with Crippen molar-refractivity contribution in [1.29, 1.82) is 0 Å². The summed E-state index contributed by atoms with van der Waals surface area (Å²) in [6.45, 7) is 4.02. The van der Waals surface area contributed by atoms with E-state index in [-0.39, 0.29) is 0 Å². The highest BCUT2D eigenvalue weighted by Crippen LogP contribution is 2.30. The van der Waals surface area contributed by atoms with Crippen LogP contribution in [-0.2, 0) is 39.3 Å². The third-order valence-corrected chi connectivity index (χ3v) is 9.04. The summed E-state index contributed by atoms with van der Waals surface area (Å²) < 4.78 is 0. The number of rotatable bonds is 14. The van der Waals surface area contributed by atoms with Crippen molar-refractivity contribution in [3.8, 4) is 0 Å². The number of anilines is 2. The summed E-state index contributed by atoms with van der Waals surface area (Å²) in [7, 11) is 0. The summed E-state index contributed by atoms with van der Waals surface area (Å²) in [6.07, 6.45) is 7.36. The van der Waals surface area contributed by atoms with E-state index in [4.69, 9.17) is 9.97 Å². The number of nitrogens with one attached hydrogen (secondary N) is 1. The Bertz CT molecular complexity index is 2140. The maximum Gasteiger partial charge on any atom is 0.0940 e. The molecular formula is C44H39N9. The SMILES string of the molecule is c1ccc(CN(Cc2ccccn2)Cc2ccc3cccc(Nc4cccc5ccc(CN(Cc6ccccn6)Cc6ccccn6)nc45)c3n2)nc1. The Balaban J connectivity index is 1.07.